The molecule has 2 heterocycles. The molecule has 6 heteroatoms. The van der Waals surface area contributed by atoms with E-state index in [1.54, 1.807) is 6.07 Å². The molecule has 0 spiro atoms. The van der Waals surface area contributed by atoms with Crippen LogP contribution in [0.1, 0.15) is 24.1 Å². The summed E-state index contributed by atoms with van der Waals surface area (Å²) in [5, 5.41) is 0. The molecule has 1 N–H and O–H groups in total. The van der Waals surface area contributed by atoms with Crippen LogP contribution in [-0.4, -0.2) is 36.1 Å². The van der Waals surface area contributed by atoms with Crippen molar-refractivity contribution in [3.8, 4) is 0 Å². The summed E-state index contributed by atoms with van der Waals surface area (Å²) in [6.07, 6.45) is 3.89. The first-order valence-electron chi connectivity index (χ1n) is 8.59. The molecule has 24 heavy (non-hydrogen) atoms. The molecule has 0 bridgehead atoms. The zero-order valence-corrected chi connectivity index (χ0v) is 13.6. The van der Waals surface area contributed by atoms with Crippen molar-refractivity contribution in [2.45, 2.75) is 25.7 Å². The van der Waals surface area contributed by atoms with Gasteiger partial charge in [-0.1, -0.05) is 12.1 Å². The number of nitrogens with zero attached hydrogens (tertiary/aromatic N) is 3. The molecule has 126 valence electrons. The predicted molar refractivity (Wildman–Crippen MR) is 92.3 cm³/mol. The highest BCUT2D eigenvalue weighted by molar-refractivity contribution is 5.49. The molecule has 5 nitrogen and oxygen atoms in total. The average Bonchev–Trinajstić information content (AvgIpc) is 2.62. The number of para-hydroxylation sites is 1. The van der Waals surface area contributed by atoms with Crippen molar-refractivity contribution in [2.24, 2.45) is 0 Å². The maximum Gasteiger partial charge on any atom is 0.255 e. The number of hydrogen-bond donors (Lipinski definition) is 1. The van der Waals surface area contributed by atoms with Gasteiger partial charge in [0, 0.05) is 31.7 Å². The summed E-state index contributed by atoms with van der Waals surface area (Å²) >= 11 is 0. The molecule has 4 rings (SSSR count). The van der Waals surface area contributed by atoms with Crippen LogP contribution < -0.4 is 15.4 Å². The minimum Gasteiger partial charge on any atom is -0.366 e. The van der Waals surface area contributed by atoms with Crippen LogP contribution in [0.2, 0.25) is 0 Å². The van der Waals surface area contributed by atoms with Crippen LogP contribution in [0, 0.1) is 5.82 Å². The van der Waals surface area contributed by atoms with Crippen molar-refractivity contribution in [3.05, 3.63) is 51.7 Å². The molecule has 0 atom stereocenters. The zero-order chi connectivity index (χ0) is 16.5. The SMILES string of the molecule is O=c1[nH]c(N2CCN(c3ccccc3F)CC2)nc2c1CCCC2. The molecule has 1 aliphatic carbocycles. The number of aryl methyl sites for hydroxylation is 1. The summed E-state index contributed by atoms with van der Waals surface area (Å²) in [6, 6.07) is 6.86. The highest BCUT2D eigenvalue weighted by Crippen LogP contribution is 2.22. The van der Waals surface area contributed by atoms with Crippen molar-refractivity contribution in [1.29, 1.82) is 0 Å². The summed E-state index contributed by atoms with van der Waals surface area (Å²) in [7, 11) is 0. The van der Waals surface area contributed by atoms with Crippen molar-refractivity contribution < 1.29 is 4.39 Å². The summed E-state index contributed by atoms with van der Waals surface area (Å²) < 4.78 is 13.9. The number of H-pyrrole nitrogens is 1. The Balaban J connectivity index is 1.51. The Bertz CT molecular complexity index is 796. The van der Waals surface area contributed by atoms with Gasteiger partial charge in [0.2, 0.25) is 5.95 Å². The Kier molecular flexibility index (Phi) is 3.96. The van der Waals surface area contributed by atoms with Crippen molar-refractivity contribution in [1.82, 2.24) is 9.97 Å². The van der Waals surface area contributed by atoms with Crippen LogP contribution in [0.4, 0.5) is 16.0 Å². The van der Waals surface area contributed by atoms with Gasteiger partial charge < -0.3 is 9.80 Å². The van der Waals surface area contributed by atoms with E-state index in [0.29, 0.717) is 24.7 Å². The highest BCUT2D eigenvalue weighted by atomic mass is 19.1. The zero-order valence-electron chi connectivity index (χ0n) is 13.6. The van der Waals surface area contributed by atoms with E-state index in [1.165, 1.54) is 6.07 Å². The van der Waals surface area contributed by atoms with Crippen LogP contribution in [0.5, 0.6) is 0 Å². The maximum atomic E-state index is 13.9. The van der Waals surface area contributed by atoms with E-state index >= 15 is 0 Å². The molecule has 1 aromatic heterocycles. The third-order valence-corrected chi connectivity index (χ3v) is 4.95. The summed E-state index contributed by atoms with van der Waals surface area (Å²) in [5.74, 6) is 0.472. The van der Waals surface area contributed by atoms with E-state index in [0.717, 1.165) is 50.0 Å². The lowest BCUT2D eigenvalue weighted by Gasteiger charge is -2.36. The molecule has 2 aliphatic rings. The third kappa shape index (κ3) is 2.77. The Morgan fingerprint density at radius 3 is 2.50 bits per heavy atom. The van der Waals surface area contributed by atoms with Crippen LogP contribution in [0.3, 0.4) is 0 Å². The number of rotatable bonds is 2. The van der Waals surface area contributed by atoms with Gasteiger partial charge in [-0.15, -0.1) is 0 Å². The van der Waals surface area contributed by atoms with E-state index in [9.17, 15) is 9.18 Å². The van der Waals surface area contributed by atoms with Gasteiger partial charge in [-0.05, 0) is 37.8 Å². The first-order valence-corrected chi connectivity index (χ1v) is 8.59. The van der Waals surface area contributed by atoms with Gasteiger partial charge in [-0.3, -0.25) is 9.78 Å². The van der Waals surface area contributed by atoms with E-state index in [4.69, 9.17) is 4.98 Å². The van der Waals surface area contributed by atoms with E-state index < -0.39 is 0 Å². The maximum absolute atomic E-state index is 13.9. The second-order valence-electron chi connectivity index (χ2n) is 6.45. The van der Waals surface area contributed by atoms with Gasteiger partial charge in [0.25, 0.3) is 5.56 Å². The van der Waals surface area contributed by atoms with E-state index in [2.05, 4.69) is 9.88 Å². The van der Waals surface area contributed by atoms with Gasteiger partial charge in [0.15, 0.2) is 0 Å². The fourth-order valence-electron chi connectivity index (χ4n) is 3.61. The fraction of sp³-hybridized carbons (Fsp3) is 0.444. The molecule has 0 radical (unpaired) electrons. The van der Waals surface area contributed by atoms with Gasteiger partial charge in [-0.25, -0.2) is 9.37 Å². The van der Waals surface area contributed by atoms with Gasteiger partial charge in [0.1, 0.15) is 5.82 Å². The highest BCUT2D eigenvalue weighted by Gasteiger charge is 2.23. The molecular formula is C18H21FN4O. The number of benzene rings is 1. The smallest absolute Gasteiger partial charge is 0.255 e. The third-order valence-electron chi connectivity index (χ3n) is 4.95. The number of aromatic amines is 1. The van der Waals surface area contributed by atoms with Crippen LogP contribution >= 0.6 is 0 Å². The lowest BCUT2D eigenvalue weighted by Crippen LogP contribution is -2.48. The normalized spacial score (nSPS) is 17.7. The summed E-state index contributed by atoms with van der Waals surface area (Å²) in [5.41, 5.74) is 2.46. The van der Waals surface area contributed by atoms with Crippen LogP contribution in [0.15, 0.2) is 29.1 Å². The van der Waals surface area contributed by atoms with Crippen molar-refractivity contribution >= 4 is 11.6 Å². The molecular weight excluding hydrogens is 307 g/mol. The first kappa shape index (κ1) is 15.2. The monoisotopic (exact) mass is 328 g/mol. The standard InChI is InChI=1S/C18H21FN4O/c19-14-6-2-4-8-16(14)22-9-11-23(12-10-22)18-20-15-7-3-1-5-13(15)17(24)21-18/h2,4,6,8H,1,3,5,7,9-12H2,(H,20,21,24). The lowest BCUT2D eigenvalue weighted by atomic mass is 9.97. The number of aromatic nitrogens is 2. The number of hydrogen-bond acceptors (Lipinski definition) is 4. The van der Waals surface area contributed by atoms with Crippen molar-refractivity contribution in [3.63, 3.8) is 0 Å². The molecule has 2 aromatic rings. The number of fused-ring (bicyclic) bond motifs is 1. The number of halogens is 1. The molecule has 1 fully saturated rings. The molecule has 1 saturated heterocycles. The van der Waals surface area contributed by atoms with Crippen LogP contribution in [-0.2, 0) is 12.8 Å². The Labute approximate surface area is 140 Å². The predicted octanol–water partition coefficient (Wildman–Crippen LogP) is 2.11. The molecule has 1 aromatic carbocycles. The Morgan fingerprint density at radius 1 is 1.00 bits per heavy atom. The number of anilines is 2. The van der Waals surface area contributed by atoms with Gasteiger partial charge in [-0.2, -0.15) is 0 Å². The Morgan fingerprint density at radius 2 is 1.71 bits per heavy atom. The molecule has 0 unspecified atom stereocenters. The topological polar surface area (TPSA) is 52.2 Å². The second-order valence-corrected chi connectivity index (χ2v) is 6.45. The molecule has 0 saturated carbocycles. The number of nitrogens with one attached hydrogen (secondary N) is 1. The van der Waals surface area contributed by atoms with Gasteiger partial charge in [0.05, 0.1) is 11.4 Å². The largest absolute Gasteiger partial charge is 0.366 e. The van der Waals surface area contributed by atoms with Gasteiger partial charge >= 0.3 is 0 Å². The minimum absolute atomic E-state index is 0.00577. The minimum atomic E-state index is -0.189. The molecule has 1 aliphatic heterocycles. The van der Waals surface area contributed by atoms with E-state index in [-0.39, 0.29) is 11.4 Å². The summed E-state index contributed by atoms with van der Waals surface area (Å²) in [6.45, 7) is 2.86. The first-order chi connectivity index (χ1) is 11.7. The fourth-order valence-corrected chi connectivity index (χ4v) is 3.61. The molecule has 0 amide bonds. The quantitative estimate of drug-likeness (QED) is 0.917. The average molecular weight is 328 g/mol. The second kappa shape index (κ2) is 6.26. The Hall–Kier alpha value is -2.37. The number of piperazine rings is 1. The van der Waals surface area contributed by atoms with E-state index in [1.807, 2.05) is 17.0 Å². The van der Waals surface area contributed by atoms with Crippen molar-refractivity contribution in [2.75, 3.05) is 36.0 Å². The lowest BCUT2D eigenvalue weighted by molar-refractivity contribution is 0.590. The van der Waals surface area contributed by atoms with Crippen LogP contribution in [0.25, 0.3) is 0 Å². The summed E-state index contributed by atoms with van der Waals surface area (Å²) in [4.78, 5) is 24.0.